The number of aromatic nitrogens is 2. The monoisotopic (exact) mass is 420 g/mol. The van der Waals surface area contributed by atoms with Crippen LogP contribution in [-0.4, -0.2) is 36.1 Å². The largest absolute Gasteiger partial charge is 0.497 e. The lowest BCUT2D eigenvalue weighted by Gasteiger charge is -2.32. The zero-order valence-corrected chi connectivity index (χ0v) is 17.4. The first-order chi connectivity index (χ1) is 15.1. The first-order valence-corrected chi connectivity index (χ1v) is 10.4. The first kappa shape index (κ1) is 20.8. The van der Waals surface area contributed by atoms with Crippen molar-refractivity contribution >= 4 is 11.9 Å². The molecule has 1 atom stereocenters. The fourth-order valence-corrected chi connectivity index (χ4v) is 3.79. The van der Waals surface area contributed by atoms with Gasteiger partial charge in [0, 0.05) is 37.6 Å². The molecule has 1 saturated heterocycles. The minimum atomic E-state index is -0.291. The molecule has 3 aromatic rings. The Morgan fingerprint density at radius 2 is 1.97 bits per heavy atom. The molecule has 1 fully saturated rings. The molecule has 1 unspecified atom stereocenters. The summed E-state index contributed by atoms with van der Waals surface area (Å²) in [7, 11) is 1.63. The number of rotatable bonds is 6. The molecule has 7 heteroatoms. The average Bonchev–Trinajstić information content (AvgIpc) is 2.83. The van der Waals surface area contributed by atoms with Crippen molar-refractivity contribution in [3.05, 3.63) is 72.3 Å². The molecule has 31 heavy (non-hydrogen) atoms. The third-order valence-corrected chi connectivity index (χ3v) is 5.47. The number of carbonyl (C=O) groups is 1. The highest BCUT2D eigenvalue weighted by molar-refractivity contribution is 5.79. The maximum absolute atomic E-state index is 13.5. The highest BCUT2D eigenvalue weighted by Gasteiger charge is 2.27. The van der Waals surface area contributed by atoms with E-state index in [9.17, 15) is 9.18 Å². The van der Waals surface area contributed by atoms with Gasteiger partial charge in [0.2, 0.25) is 11.9 Å². The second-order valence-corrected chi connectivity index (χ2v) is 7.64. The number of carbonyl (C=O) groups excluding carboxylic acids is 1. The van der Waals surface area contributed by atoms with Crippen LogP contribution in [0.1, 0.15) is 18.4 Å². The molecule has 160 valence electrons. The Kier molecular flexibility index (Phi) is 6.40. The Labute approximate surface area is 181 Å². The van der Waals surface area contributed by atoms with Crippen molar-refractivity contribution in [2.24, 2.45) is 5.92 Å². The van der Waals surface area contributed by atoms with Gasteiger partial charge in [-0.2, -0.15) is 0 Å². The van der Waals surface area contributed by atoms with Gasteiger partial charge in [0.1, 0.15) is 11.6 Å². The summed E-state index contributed by atoms with van der Waals surface area (Å²) in [5.41, 5.74) is 2.49. The Bertz CT molecular complexity index is 1040. The van der Waals surface area contributed by atoms with E-state index in [-0.39, 0.29) is 17.6 Å². The quantitative estimate of drug-likeness (QED) is 0.657. The van der Waals surface area contributed by atoms with Crippen LogP contribution in [-0.2, 0) is 11.3 Å². The van der Waals surface area contributed by atoms with Crippen LogP contribution in [0.15, 0.2) is 60.9 Å². The van der Waals surface area contributed by atoms with Crippen LogP contribution in [0.25, 0.3) is 11.1 Å². The van der Waals surface area contributed by atoms with E-state index < -0.39 is 0 Å². The molecule has 0 radical (unpaired) electrons. The summed E-state index contributed by atoms with van der Waals surface area (Å²) >= 11 is 0. The SMILES string of the molecule is COc1cccc(CNC(=O)C2CCCN(c3ncc(-c4cccc(F)c4)cn3)C2)c1. The Morgan fingerprint density at radius 3 is 2.74 bits per heavy atom. The smallest absolute Gasteiger partial charge is 0.225 e. The predicted molar refractivity (Wildman–Crippen MR) is 117 cm³/mol. The van der Waals surface area contributed by atoms with Gasteiger partial charge in [-0.1, -0.05) is 24.3 Å². The number of hydrogen-bond acceptors (Lipinski definition) is 5. The van der Waals surface area contributed by atoms with Crippen molar-refractivity contribution in [2.45, 2.75) is 19.4 Å². The van der Waals surface area contributed by atoms with E-state index in [1.807, 2.05) is 35.2 Å². The van der Waals surface area contributed by atoms with E-state index in [4.69, 9.17) is 4.74 Å². The van der Waals surface area contributed by atoms with Crippen LogP contribution in [0.5, 0.6) is 5.75 Å². The lowest BCUT2D eigenvalue weighted by atomic mass is 9.97. The molecule has 1 aliphatic heterocycles. The van der Waals surface area contributed by atoms with Gasteiger partial charge >= 0.3 is 0 Å². The van der Waals surface area contributed by atoms with Crippen LogP contribution in [0, 0.1) is 11.7 Å². The highest BCUT2D eigenvalue weighted by atomic mass is 19.1. The zero-order chi connectivity index (χ0) is 21.6. The van der Waals surface area contributed by atoms with Crippen molar-refractivity contribution in [1.82, 2.24) is 15.3 Å². The summed E-state index contributed by atoms with van der Waals surface area (Å²) in [4.78, 5) is 23.7. The number of anilines is 1. The Morgan fingerprint density at radius 1 is 1.16 bits per heavy atom. The molecule has 0 bridgehead atoms. The molecule has 0 saturated carbocycles. The zero-order valence-electron chi connectivity index (χ0n) is 17.4. The molecule has 6 nitrogen and oxygen atoms in total. The summed E-state index contributed by atoms with van der Waals surface area (Å²) in [6.45, 7) is 1.84. The lowest BCUT2D eigenvalue weighted by Crippen LogP contribution is -2.43. The number of hydrogen-bond donors (Lipinski definition) is 1. The second kappa shape index (κ2) is 9.55. The Balaban J connectivity index is 1.37. The number of benzene rings is 2. The van der Waals surface area contributed by atoms with Gasteiger partial charge in [0.25, 0.3) is 0 Å². The van der Waals surface area contributed by atoms with Gasteiger partial charge in [-0.25, -0.2) is 14.4 Å². The van der Waals surface area contributed by atoms with Gasteiger partial charge in [0.05, 0.1) is 13.0 Å². The van der Waals surface area contributed by atoms with E-state index in [0.717, 1.165) is 41.8 Å². The average molecular weight is 420 g/mol. The standard InChI is InChI=1S/C24H25FN4O2/c1-31-22-9-2-5-17(11-22)13-26-23(30)19-7-4-10-29(16-19)24-27-14-20(15-28-24)18-6-3-8-21(25)12-18/h2-3,5-6,8-9,11-12,14-15,19H,4,7,10,13,16H2,1H3,(H,26,30). The van der Waals surface area contributed by atoms with Crippen LogP contribution in [0.3, 0.4) is 0 Å². The number of halogens is 1. The van der Waals surface area contributed by atoms with Gasteiger partial charge in [-0.3, -0.25) is 4.79 Å². The van der Waals surface area contributed by atoms with Crippen LogP contribution in [0.4, 0.5) is 10.3 Å². The fraction of sp³-hybridized carbons (Fsp3) is 0.292. The van der Waals surface area contributed by atoms with Gasteiger partial charge < -0.3 is 15.0 Å². The molecular weight excluding hydrogens is 395 g/mol. The lowest BCUT2D eigenvalue weighted by molar-refractivity contribution is -0.125. The van der Waals surface area contributed by atoms with E-state index in [0.29, 0.717) is 19.0 Å². The van der Waals surface area contributed by atoms with Crippen LogP contribution in [0.2, 0.25) is 0 Å². The number of methoxy groups -OCH3 is 1. The van der Waals surface area contributed by atoms with Crippen molar-refractivity contribution in [1.29, 1.82) is 0 Å². The summed E-state index contributed by atoms with van der Waals surface area (Å²) < 4.78 is 18.7. The minimum absolute atomic E-state index is 0.0314. The van der Waals surface area contributed by atoms with Crippen molar-refractivity contribution < 1.29 is 13.9 Å². The predicted octanol–water partition coefficient (Wildman–Crippen LogP) is 3.82. The molecule has 1 amide bonds. The topological polar surface area (TPSA) is 67.3 Å². The van der Waals surface area contributed by atoms with Crippen molar-refractivity contribution in [3.8, 4) is 16.9 Å². The summed E-state index contributed by atoms with van der Waals surface area (Å²) in [5.74, 6) is 0.982. The van der Waals surface area contributed by atoms with Gasteiger partial charge in [-0.05, 0) is 48.2 Å². The van der Waals surface area contributed by atoms with Gasteiger partial charge in [0.15, 0.2) is 0 Å². The minimum Gasteiger partial charge on any atom is -0.497 e. The summed E-state index contributed by atoms with van der Waals surface area (Å²) in [5, 5.41) is 3.03. The van der Waals surface area contributed by atoms with E-state index >= 15 is 0 Å². The normalized spacial score (nSPS) is 16.1. The van der Waals surface area contributed by atoms with Crippen LogP contribution < -0.4 is 15.0 Å². The summed E-state index contributed by atoms with van der Waals surface area (Å²) in [6, 6.07) is 14.0. The number of amides is 1. The maximum Gasteiger partial charge on any atom is 0.225 e. The molecule has 1 aliphatic rings. The second-order valence-electron chi connectivity index (χ2n) is 7.64. The number of piperidine rings is 1. The maximum atomic E-state index is 13.5. The van der Waals surface area contributed by atoms with E-state index in [1.165, 1.54) is 12.1 Å². The Hall–Kier alpha value is -3.48. The molecule has 2 heterocycles. The fourth-order valence-electron chi connectivity index (χ4n) is 3.79. The third kappa shape index (κ3) is 5.17. The van der Waals surface area contributed by atoms with Crippen molar-refractivity contribution in [3.63, 3.8) is 0 Å². The molecule has 0 aliphatic carbocycles. The number of ether oxygens (including phenoxy) is 1. The molecular formula is C24H25FN4O2. The van der Waals surface area contributed by atoms with Crippen LogP contribution >= 0.6 is 0 Å². The van der Waals surface area contributed by atoms with Crippen molar-refractivity contribution in [2.75, 3.05) is 25.1 Å². The van der Waals surface area contributed by atoms with Gasteiger partial charge in [-0.15, -0.1) is 0 Å². The molecule has 1 N–H and O–H groups in total. The number of nitrogens with zero attached hydrogens (tertiary/aromatic N) is 3. The molecule has 2 aromatic carbocycles. The molecule has 4 rings (SSSR count). The highest BCUT2D eigenvalue weighted by Crippen LogP contribution is 2.23. The van der Waals surface area contributed by atoms with E-state index in [1.54, 1.807) is 25.6 Å². The number of nitrogens with one attached hydrogen (secondary N) is 1. The third-order valence-electron chi connectivity index (χ3n) is 5.47. The summed E-state index contributed by atoms with van der Waals surface area (Å²) in [6.07, 6.45) is 5.13. The first-order valence-electron chi connectivity index (χ1n) is 10.4. The molecule has 0 spiro atoms. The molecule has 1 aromatic heterocycles. The van der Waals surface area contributed by atoms with E-state index in [2.05, 4.69) is 15.3 Å².